The zero-order valence-electron chi connectivity index (χ0n) is 13.3. The van der Waals surface area contributed by atoms with Crippen molar-refractivity contribution in [1.29, 1.82) is 0 Å². The summed E-state index contributed by atoms with van der Waals surface area (Å²) in [5.41, 5.74) is 4.12. The Bertz CT molecular complexity index is 439. The summed E-state index contributed by atoms with van der Waals surface area (Å²) in [5.74, 6) is 0. The molecule has 1 aromatic rings. The van der Waals surface area contributed by atoms with E-state index < -0.39 is 0 Å². The van der Waals surface area contributed by atoms with E-state index in [4.69, 9.17) is 0 Å². The molecule has 0 spiro atoms. The van der Waals surface area contributed by atoms with Gasteiger partial charge in [0, 0.05) is 37.9 Å². The fourth-order valence-electron chi connectivity index (χ4n) is 3.03. The molecule has 1 aliphatic rings. The lowest BCUT2D eigenvalue weighted by Gasteiger charge is -2.41. The van der Waals surface area contributed by atoms with Crippen molar-refractivity contribution >= 4 is 5.69 Å². The molecule has 1 fully saturated rings. The van der Waals surface area contributed by atoms with Crippen LogP contribution in [0, 0.1) is 13.8 Å². The van der Waals surface area contributed by atoms with Crippen molar-refractivity contribution in [3.63, 3.8) is 0 Å². The molecule has 3 nitrogen and oxygen atoms in total. The number of rotatable bonds is 4. The van der Waals surface area contributed by atoms with E-state index in [0.717, 1.165) is 32.6 Å². The second kappa shape index (κ2) is 6.59. The Morgan fingerprint density at radius 3 is 2.40 bits per heavy atom. The average molecular weight is 276 g/mol. The average Bonchev–Trinajstić information content (AvgIpc) is 2.48. The Morgan fingerprint density at radius 2 is 1.80 bits per heavy atom. The van der Waals surface area contributed by atoms with Gasteiger partial charge in [0.05, 0.1) is 6.10 Å². The smallest absolute Gasteiger partial charge is 0.0690 e. The second-order valence-electron chi connectivity index (χ2n) is 5.96. The van der Waals surface area contributed by atoms with E-state index in [1.165, 1.54) is 16.8 Å². The third kappa shape index (κ3) is 3.15. The normalized spacial score (nSPS) is 19.9. The topological polar surface area (TPSA) is 26.7 Å². The van der Waals surface area contributed by atoms with Gasteiger partial charge in [-0.1, -0.05) is 19.1 Å². The predicted octanol–water partition coefficient (Wildman–Crippen LogP) is 2.58. The molecule has 0 aliphatic carbocycles. The van der Waals surface area contributed by atoms with Crippen molar-refractivity contribution in [1.82, 2.24) is 4.90 Å². The number of aliphatic hydroxyl groups is 1. The molecular weight excluding hydrogens is 248 g/mol. The first-order valence-electron chi connectivity index (χ1n) is 7.77. The minimum atomic E-state index is -0.206. The molecule has 2 unspecified atom stereocenters. The van der Waals surface area contributed by atoms with Gasteiger partial charge in [-0.3, -0.25) is 4.90 Å². The van der Waals surface area contributed by atoms with Crippen LogP contribution in [0.1, 0.15) is 31.4 Å². The molecule has 1 heterocycles. The number of aryl methyl sites for hydroxylation is 1. The molecule has 1 N–H and O–H groups in total. The summed E-state index contributed by atoms with van der Waals surface area (Å²) in [6, 6.07) is 6.81. The number of hydrogen-bond donors (Lipinski definition) is 1. The van der Waals surface area contributed by atoms with Crippen LogP contribution in [0.2, 0.25) is 0 Å². The third-order valence-electron chi connectivity index (χ3n) is 4.78. The second-order valence-corrected chi connectivity index (χ2v) is 5.96. The van der Waals surface area contributed by atoms with Crippen molar-refractivity contribution in [3.05, 3.63) is 29.3 Å². The van der Waals surface area contributed by atoms with E-state index in [1.54, 1.807) is 0 Å². The highest BCUT2D eigenvalue weighted by molar-refractivity contribution is 5.56. The minimum absolute atomic E-state index is 0.206. The van der Waals surface area contributed by atoms with Gasteiger partial charge in [-0.25, -0.2) is 0 Å². The lowest BCUT2D eigenvalue weighted by molar-refractivity contribution is 0.0528. The molecule has 1 aliphatic heterocycles. The van der Waals surface area contributed by atoms with Crippen molar-refractivity contribution in [2.24, 2.45) is 0 Å². The van der Waals surface area contributed by atoms with E-state index >= 15 is 0 Å². The first-order valence-corrected chi connectivity index (χ1v) is 7.77. The van der Waals surface area contributed by atoms with Crippen LogP contribution in [-0.2, 0) is 0 Å². The molecule has 0 aromatic heterocycles. The fourth-order valence-corrected chi connectivity index (χ4v) is 3.03. The molecule has 20 heavy (non-hydrogen) atoms. The standard InChI is InChI=1S/C17H28N2O/c1-5-17(20)15(4)18-9-11-19(12-10-18)16-8-6-7-13(2)14(16)3/h6-8,15,17,20H,5,9-12H2,1-4H3. The molecule has 0 saturated carbocycles. The Labute approximate surface area is 123 Å². The largest absolute Gasteiger partial charge is 0.392 e. The first kappa shape index (κ1) is 15.3. The number of aliphatic hydroxyl groups excluding tert-OH is 1. The van der Waals surface area contributed by atoms with Crippen molar-refractivity contribution in [2.45, 2.75) is 46.3 Å². The molecule has 3 heteroatoms. The highest BCUT2D eigenvalue weighted by Crippen LogP contribution is 2.24. The lowest BCUT2D eigenvalue weighted by atomic mass is 10.1. The molecule has 1 saturated heterocycles. The maximum atomic E-state index is 9.99. The van der Waals surface area contributed by atoms with E-state index in [2.05, 4.69) is 48.8 Å². The maximum Gasteiger partial charge on any atom is 0.0690 e. The van der Waals surface area contributed by atoms with Crippen molar-refractivity contribution in [2.75, 3.05) is 31.1 Å². The van der Waals surface area contributed by atoms with Gasteiger partial charge in [-0.15, -0.1) is 0 Å². The van der Waals surface area contributed by atoms with Crippen LogP contribution in [0.4, 0.5) is 5.69 Å². The molecule has 0 radical (unpaired) electrons. The third-order valence-corrected chi connectivity index (χ3v) is 4.78. The van der Waals surface area contributed by atoms with E-state index in [-0.39, 0.29) is 12.1 Å². The molecular formula is C17H28N2O. The van der Waals surface area contributed by atoms with Crippen LogP contribution in [0.25, 0.3) is 0 Å². The summed E-state index contributed by atoms with van der Waals surface area (Å²) >= 11 is 0. The number of benzene rings is 1. The van der Waals surface area contributed by atoms with Gasteiger partial charge in [-0.2, -0.15) is 0 Å². The van der Waals surface area contributed by atoms with Gasteiger partial charge >= 0.3 is 0 Å². The highest BCUT2D eigenvalue weighted by atomic mass is 16.3. The number of hydrogen-bond acceptors (Lipinski definition) is 3. The Kier molecular flexibility index (Phi) is 5.06. The van der Waals surface area contributed by atoms with Crippen LogP contribution in [0.3, 0.4) is 0 Å². The summed E-state index contributed by atoms with van der Waals surface area (Å²) in [5, 5.41) is 9.99. The zero-order valence-corrected chi connectivity index (χ0v) is 13.3. The van der Waals surface area contributed by atoms with Gasteiger partial charge < -0.3 is 10.0 Å². The summed E-state index contributed by atoms with van der Waals surface area (Å²) < 4.78 is 0. The number of nitrogens with zero attached hydrogens (tertiary/aromatic N) is 2. The van der Waals surface area contributed by atoms with Crippen LogP contribution >= 0.6 is 0 Å². The SMILES string of the molecule is CCC(O)C(C)N1CCN(c2cccc(C)c2C)CC1. The van der Waals surface area contributed by atoms with E-state index in [1.807, 2.05) is 6.92 Å². The van der Waals surface area contributed by atoms with E-state index in [9.17, 15) is 5.11 Å². The molecule has 0 bridgehead atoms. The van der Waals surface area contributed by atoms with E-state index in [0.29, 0.717) is 0 Å². The lowest BCUT2D eigenvalue weighted by Crippen LogP contribution is -2.52. The summed E-state index contributed by atoms with van der Waals surface area (Å²) in [4.78, 5) is 4.89. The van der Waals surface area contributed by atoms with Gasteiger partial charge in [0.2, 0.25) is 0 Å². The zero-order chi connectivity index (χ0) is 14.7. The maximum absolute atomic E-state index is 9.99. The van der Waals surface area contributed by atoms with Gasteiger partial charge in [0.1, 0.15) is 0 Å². The Morgan fingerprint density at radius 1 is 1.15 bits per heavy atom. The monoisotopic (exact) mass is 276 g/mol. The molecule has 1 aromatic carbocycles. The minimum Gasteiger partial charge on any atom is -0.392 e. The Hall–Kier alpha value is -1.06. The van der Waals surface area contributed by atoms with Gasteiger partial charge in [0.25, 0.3) is 0 Å². The van der Waals surface area contributed by atoms with Crippen molar-refractivity contribution < 1.29 is 5.11 Å². The predicted molar refractivity (Wildman–Crippen MR) is 85.5 cm³/mol. The Balaban J connectivity index is 1.99. The summed E-state index contributed by atoms with van der Waals surface area (Å²) in [6.07, 6.45) is 0.625. The number of anilines is 1. The van der Waals surface area contributed by atoms with Crippen LogP contribution in [-0.4, -0.2) is 48.3 Å². The molecule has 2 atom stereocenters. The van der Waals surface area contributed by atoms with Crippen LogP contribution in [0.5, 0.6) is 0 Å². The van der Waals surface area contributed by atoms with Gasteiger partial charge in [-0.05, 0) is 44.4 Å². The van der Waals surface area contributed by atoms with Crippen LogP contribution in [0.15, 0.2) is 18.2 Å². The fraction of sp³-hybridized carbons (Fsp3) is 0.647. The molecule has 2 rings (SSSR count). The molecule has 0 amide bonds. The highest BCUT2D eigenvalue weighted by Gasteiger charge is 2.25. The summed E-state index contributed by atoms with van der Waals surface area (Å²) in [6.45, 7) is 12.7. The van der Waals surface area contributed by atoms with Gasteiger partial charge in [0.15, 0.2) is 0 Å². The molecule has 112 valence electrons. The van der Waals surface area contributed by atoms with Crippen LogP contribution < -0.4 is 4.90 Å². The number of piperazine rings is 1. The first-order chi connectivity index (χ1) is 9.54. The quantitative estimate of drug-likeness (QED) is 0.915. The van der Waals surface area contributed by atoms with Crippen molar-refractivity contribution in [3.8, 4) is 0 Å². The summed E-state index contributed by atoms with van der Waals surface area (Å²) in [7, 11) is 0.